The minimum atomic E-state index is -0.376. The van der Waals surface area contributed by atoms with Gasteiger partial charge in [0.1, 0.15) is 17.5 Å². The monoisotopic (exact) mass is 444 g/mol. The van der Waals surface area contributed by atoms with Gasteiger partial charge >= 0.3 is 5.97 Å². The number of hydrogen-bond acceptors (Lipinski definition) is 7. The zero-order chi connectivity index (χ0) is 20.2. The Labute approximate surface area is 183 Å². The quantitative estimate of drug-likeness (QED) is 0.374. The second-order valence-corrected chi connectivity index (χ2v) is 6.64. The topological polar surface area (TPSA) is 105 Å². The average molecular weight is 445 g/mol. The van der Waals surface area contributed by atoms with Gasteiger partial charge in [-0.2, -0.15) is 5.10 Å². The number of carbonyl (C=O) groups excluding carboxylic acids is 1. The number of esters is 1. The molecule has 0 radical (unpaired) electrons. The number of H-pyrrole nitrogens is 1. The molecule has 0 saturated heterocycles. The van der Waals surface area contributed by atoms with Crippen LogP contribution in [-0.4, -0.2) is 33.2 Å². The Morgan fingerprint density at radius 2 is 1.97 bits per heavy atom. The molecule has 30 heavy (non-hydrogen) atoms. The van der Waals surface area contributed by atoms with Crippen LogP contribution in [0.15, 0.2) is 54.9 Å². The van der Waals surface area contributed by atoms with Crippen molar-refractivity contribution in [1.29, 1.82) is 0 Å². The number of aromatic amines is 1. The molecule has 2 heterocycles. The second kappa shape index (κ2) is 9.43. The zero-order valence-electron chi connectivity index (χ0n) is 15.8. The molecule has 4 aromatic rings. The maximum absolute atomic E-state index is 11.7. The molecule has 2 aromatic carbocycles. The van der Waals surface area contributed by atoms with Crippen molar-refractivity contribution in [2.24, 2.45) is 0 Å². The van der Waals surface area contributed by atoms with Gasteiger partial charge < -0.3 is 15.4 Å². The van der Waals surface area contributed by atoms with E-state index in [1.54, 1.807) is 30.3 Å². The highest BCUT2D eigenvalue weighted by molar-refractivity contribution is 6.30. The lowest BCUT2D eigenvalue weighted by Crippen LogP contribution is -2.05. The molecule has 0 saturated carbocycles. The number of fused-ring (bicyclic) bond motifs is 1. The molecule has 0 atom stereocenters. The Bertz CT molecular complexity index is 1180. The van der Waals surface area contributed by atoms with Gasteiger partial charge in [0.25, 0.3) is 0 Å². The molecule has 0 aliphatic heterocycles. The summed E-state index contributed by atoms with van der Waals surface area (Å²) in [5, 5.41) is 15.1. The van der Waals surface area contributed by atoms with Crippen molar-refractivity contribution in [3.63, 3.8) is 0 Å². The fourth-order valence-corrected chi connectivity index (χ4v) is 3.09. The van der Waals surface area contributed by atoms with Crippen LogP contribution in [0.1, 0.15) is 15.9 Å². The number of halogens is 2. The van der Waals surface area contributed by atoms with Crippen molar-refractivity contribution >= 4 is 58.3 Å². The molecule has 0 unspecified atom stereocenters. The summed E-state index contributed by atoms with van der Waals surface area (Å²) in [6.07, 6.45) is 1.46. The maximum Gasteiger partial charge on any atom is 0.337 e. The Morgan fingerprint density at radius 3 is 2.77 bits per heavy atom. The first-order valence-corrected chi connectivity index (χ1v) is 9.14. The molecule has 0 amide bonds. The van der Waals surface area contributed by atoms with E-state index in [-0.39, 0.29) is 18.4 Å². The normalized spacial score (nSPS) is 10.3. The van der Waals surface area contributed by atoms with E-state index in [1.807, 2.05) is 18.2 Å². The second-order valence-electron chi connectivity index (χ2n) is 6.20. The molecule has 0 aliphatic rings. The van der Waals surface area contributed by atoms with Gasteiger partial charge in [0.15, 0.2) is 11.5 Å². The van der Waals surface area contributed by atoms with E-state index >= 15 is 0 Å². The predicted octanol–water partition coefficient (Wildman–Crippen LogP) is 4.57. The first-order valence-electron chi connectivity index (χ1n) is 8.77. The average Bonchev–Trinajstić information content (AvgIpc) is 3.16. The summed E-state index contributed by atoms with van der Waals surface area (Å²) in [7, 11) is 1.36. The summed E-state index contributed by atoms with van der Waals surface area (Å²) in [5.74, 6) is 0.809. The highest BCUT2D eigenvalue weighted by Crippen LogP contribution is 2.29. The van der Waals surface area contributed by atoms with E-state index in [4.69, 9.17) is 16.3 Å². The highest BCUT2D eigenvalue weighted by atomic mass is 35.5. The summed E-state index contributed by atoms with van der Waals surface area (Å²) >= 11 is 6.07. The van der Waals surface area contributed by atoms with E-state index < -0.39 is 0 Å². The number of nitrogens with zero attached hydrogens (tertiary/aromatic N) is 3. The third-order valence-corrected chi connectivity index (χ3v) is 4.49. The molecule has 154 valence electrons. The summed E-state index contributed by atoms with van der Waals surface area (Å²) in [5.41, 5.74) is 2.79. The maximum atomic E-state index is 11.7. The SMILES string of the molecule is COC(=O)c1cccc(CNc2n[nH]c3ncnc(Nc4cccc(Cl)c4)c23)c1.Cl. The van der Waals surface area contributed by atoms with Crippen LogP contribution in [0.5, 0.6) is 0 Å². The van der Waals surface area contributed by atoms with Crippen LogP contribution in [0.25, 0.3) is 11.0 Å². The molecule has 0 bridgehead atoms. The number of methoxy groups -OCH3 is 1. The number of carbonyl (C=O) groups is 1. The Hall–Kier alpha value is -3.36. The Kier molecular flexibility index (Phi) is 6.71. The molecule has 2 aromatic heterocycles. The molecule has 3 N–H and O–H groups in total. The molecule has 8 nitrogen and oxygen atoms in total. The number of anilines is 3. The summed E-state index contributed by atoms with van der Waals surface area (Å²) in [4.78, 5) is 20.3. The van der Waals surface area contributed by atoms with Gasteiger partial charge in [0.2, 0.25) is 0 Å². The Balaban J connectivity index is 0.00000256. The van der Waals surface area contributed by atoms with Crippen molar-refractivity contribution in [2.45, 2.75) is 6.54 Å². The van der Waals surface area contributed by atoms with E-state index in [0.29, 0.717) is 34.4 Å². The third kappa shape index (κ3) is 4.61. The number of aromatic nitrogens is 4. The fourth-order valence-electron chi connectivity index (χ4n) is 2.90. The number of rotatable bonds is 6. The van der Waals surface area contributed by atoms with Gasteiger partial charge in [-0.05, 0) is 35.9 Å². The van der Waals surface area contributed by atoms with Crippen molar-refractivity contribution < 1.29 is 9.53 Å². The van der Waals surface area contributed by atoms with Crippen LogP contribution < -0.4 is 10.6 Å². The number of hydrogen-bond donors (Lipinski definition) is 3. The van der Waals surface area contributed by atoms with Crippen molar-refractivity contribution in [1.82, 2.24) is 20.2 Å². The van der Waals surface area contributed by atoms with E-state index in [0.717, 1.165) is 16.6 Å². The van der Waals surface area contributed by atoms with Crippen LogP contribution in [0.3, 0.4) is 0 Å². The van der Waals surface area contributed by atoms with Crippen LogP contribution in [0.4, 0.5) is 17.3 Å². The first-order chi connectivity index (χ1) is 14.1. The van der Waals surface area contributed by atoms with Crippen LogP contribution in [0.2, 0.25) is 5.02 Å². The minimum Gasteiger partial charge on any atom is -0.465 e. The first kappa shape index (κ1) is 21.4. The van der Waals surface area contributed by atoms with E-state index in [1.165, 1.54) is 13.4 Å². The van der Waals surface area contributed by atoms with Crippen molar-refractivity contribution in [2.75, 3.05) is 17.7 Å². The van der Waals surface area contributed by atoms with E-state index in [9.17, 15) is 4.79 Å². The summed E-state index contributed by atoms with van der Waals surface area (Å²) in [6.45, 7) is 0.455. The fraction of sp³-hybridized carbons (Fsp3) is 0.100. The molecule has 0 fully saturated rings. The van der Waals surface area contributed by atoms with E-state index in [2.05, 4.69) is 30.8 Å². The Morgan fingerprint density at radius 1 is 1.13 bits per heavy atom. The van der Waals surface area contributed by atoms with Gasteiger partial charge in [-0.3, -0.25) is 5.10 Å². The molecule has 0 spiro atoms. The lowest BCUT2D eigenvalue weighted by molar-refractivity contribution is 0.0600. The smallest absolute Gasteiger partial charge is 0.337 e. The largest absolute Gasteiger partial charge is 0.465 e. The van der Waals surface area contributed by atoms with Crippen LogP contribution in [0, 0.1) is 0 Å². The van der Waals surface area contributed by atoms with Gasteiger partial charge in [-0.25, -0.2) is 14.8 Å². The molecular formula is C20H18Cl2N6O2. The number of benzene rings is 2. The molecule has 10 heteroatoms. The summed E-state index contributed by atoms with van der Waals surface area (Å²) < 4.78 is 4.77. The van der Waals surface area contributed by atoms with Crippen LogP contribution >= 0.6 is 24.0 Å². The number of ether oxygens (including phenoxy) is 1. The predicted molar refractivity (Wildman–Crippen MR) is 119 cm³/mol. The van der Waals surface area contributed by atoms with Gasteiger partial charge in [0, 0.05) is 17.3 Å². The lowest BCUT2D eigenvalue weighted by atomic mass is 10.1. The van der Waals surface area contributed by atoms with Crippen LogP contribution in [-0.2, 0) is 11.3 Å². The third-order valence-electron chi connectivity index (χ3n) is 4.25. The zero-order valence-corrected chi connectivity index (χ0v) is 17.4. The summed E-state index contributed by atoms with van der Waals surface area (Å²) in [6, 6.07) is 14.6. The number of nitrogens with one attached hydrogen (secondary N) is 3. The van der Waals surface area contributed by atoms with Gasteiger partial charge in [0.05, 0.1) is 12.7 Å². The van der Waals surface area contributed by atoms with Crippen molar-refractivity contribution in [3.8, 4) is 0 Å². The standard InChI is InChI=1S/C20H17ClN6O2.ClH/c1-29-20(28)13-5-2-4-12(8-13)10-22-18-16-17(23-11-24-19(16)27-26-18)25-15-7-3-6-14(21)9-15;/h2-9,11H,10H2,1H3,(H3,22,23,24,25,26,27);1H. The molecular weight excluding hydrogens is 427 g/mol. The lowest BCUT2D eigenvalue weighted by Gasteiger charge is -2.09. The van der Waals surface area contributed by atoms with Crippen molar-refractivity contribution in [3.05, 3.63) is 71.0 Å². The molecule has 4 rings (SSSR count). The molecule has 0 aliphatic carbocycles. The van der Waals surface area contributed by atoms with Gasteiger partial charge in [-0.15, -0.1) is 12.4 Å². The van der Waals surface area contributed by atoms with Gasteiger partial charge in [-0.1, -0.05) is 29.8 Å². The highest BCUT2D eigenvalue weighted by Gasteiger charge is 2.13. The minimum absolute atomic E-state index is 0.